The Hall–Kier alpha value is -1.94. The van der Waals surface area contributed by atoms with Gasteiger partial charge in [0.25, 0.3) is 0 Å². The minimum Gasteiger partial charge on any atom is -0.462 e. The summed E-state index contributed by atoms with van der Waals surface area (Å²) in [5, 5.41) is 0. The number of carbonyl (C=O) groups is 2. The second-order valence-electron chi connectivity index (χ2n) is 5.61. The molecule has 0 aliphatic rings. The topological polar surface area (TPSA) is 43.4 Å². The average Bonchev–Trinajstić information content (AvgIpc) is 2.55. The average molecular weight is 375 g/mol. The van der Waals surface area contributed by atoms with Gasteiger partial charge in [0.15, 0.2) is 10.1 Å². The van der Waals surface area contributed by atoms with E-state index in [1.807, 2.05) is 36.4 Å². The summed E-state index contributed by atoms with van der Waals surface area (Å²) >= 11 is 3.39. The van der Waals surface area contributed by atoms with Crippen LogP contribution in [-0.2, 0) is 16.0 Å². The van der Waals surface area contributed by atoms with Crippen LogP contribution in [0, 0.1) is 0 Å². The van der Waals surface area contributed by atoms with Crippen molar-refractivity contribution in [3.63, 3.8) is 0 Å². The molecule has 0 amide bonds. The summed E-state index contributed by atoms with van der Waals surface area (Å²) in [6, 6.07) is 18.2. The Bertz CT molecular complexity index is 668. The third kappa shape index (κ3) is 4.29. The molecule has 2 aromatic carbocycles. The van der Waals surface area contributed by atoms with Crippen molar-refractivity contribution < 1.29 is 14.3 Å². The highest BCUT2D eigenvalue weighted by Gasteiger charge is 2.45. The monoisotopic (exact) mass is 374 g/mol. The lowest BCUT2D eigenvalue weighted by Crippen LogP contribution is -2.45. The molecule has 23 heavy (non-hydrogen) atoms. The summed E-state index contributed by atoms with van der Waals surface area (Å²) in [6.45, 7) is 3.53. The first-order chi connectivity index (χ1) is 10.9. The predicted molar refractivity (Wildman–Crippen MR) is 93.8 cm³/mol. The molecule has 0 saturated heterocycles. The van der Waals surface area contributed by atoms with Gasteiger partial charge in [0.2, 0.25) is 0 Å². The van der Waals surface area contributed by atoms with Crippen LogP contribution in [-0.4, -0.2) is 22.2 Å². The van der Waals surface area contributed by atoms with E-state index >= 15 is 0 Å². The Balaban J connectivity index is 2.38. The third-order valence-corrected chi connectivity index (χ3v) is 4.32. The van der Waals surface area contributed by atoms with E-state index in [4.69, 9.17) is 4.74 Å². The third-order valence-electron chi connectivity index (χ3n) is 3.35. The minimum absolute atomic E-state index is 0.229. The Morgan fingerprint density at radius 2 is 1.52 bits per heavy atom. The van der Waals surface area contributed by atoms with Crippen LogP contribution in [0.3, 0.4) is 0 Å². The lowest BCUT2D eigenvalue weighted by Gasteiger charge is -2.25. The number of rotatable bonds is 6. The quantitative estimate of drug-likeness (QED) is 0.329. The van der Waals surface area contributed by atoms with Crippen molar-refractivity contribution in [2.75, 3.05) is 0 Å². The van der Waals surface area contributed by atoms with Crippen LogP contribution >= 0.6 is 15.9 Å². The predicted octanol–water partition coefficient (Wildman–Crippen LogP) is 4.20. The molecule has 0 N–H and O–H groups in total. The van der Waals surface area contributed by atoms with Crippen molar-refractivity contribution in [2.45, 2.75) is 30.7 Å². The fourth-order valence-corrected chi connectivity index (χ4v) is 2.89. The first-order valence-electron chi connectivity index (χ1n) is 7.47. The van der Waals surface area contributed by atoms with Crippen molar-refractivity contribution in [3.05, 3.63) is 71.8 Å². The van der Waals surface area contributed by atoms with E-state index in [9.17, 15) is 9.59 Å². The highest BCUT2D eigenvalue weighted by molar-refractivity contribution is 9.10. The van der Waals surface area contributed by atoms with Crippen molar-refractivity contribution in [1.82, 2.24) is 0 Å². The van der Waals surface area contributed by atoms with Crippen molar-refractivity contribution in [1.29, 1.82) is 0 Å². The van der Waals surface area contributed by atoms with Gasteiger partial charge in [-0.05, 0) is 19.4 Å². The maximum Gasteiger partial charge on any atom is 0.331 e. The Labute approximate surface area is 144 Å². The normalized spacial score (nSPS) is 13.4. The highest BCUT2D eigenvalue weighted by Crippen LogP contribution is 2.30. The van der Waals surface area contributed by atoms with E-state index in [1.54, 1.807) is 38.1 Å². The standard InChI is InChI=1S/C19H19BrO3/c1-14(2)23-18(22)19(20,13-15-9-5-3-6-10-15)17(21)16-11-7-4-8-12-16/h3-12,14H,13H2,1-2H3. The maximum absolute atomic E-state index is 12.9. The zero-order chi connectivity index (χ0) is 16.9. The lowest BCUT2D eigenvalue weighted by molar-refractivity contribution is -0.148. The van der Waals surface area contributed by atoms with Crippen LogP contribution in [0.1, 0.15) is 29.8 Å². The van der Waals surface area contributed by atoms with Gasteiger partial charge in [0.1, 0.15) is 0 Å². The molecule has 0 aromatic heterocycles. The summed E-state index contributed by atoms with van der Waals surface area (Å²) in [5.74, 6) is -0.863. The van der Waals surface area contributed by atoms with Crippen LogP contribution in [0.5, 0.6) is 0 Å². The molecule has 120 valence electrons. The van der Waals surface area contributed by atoms with E-state index < -0.39 is 10.3 Å². The van der Waals surface area contributed by atoms with Crippen LogP contribution in [0.4, 0.5) is 0 Å². The number of ketones is 1. The summed E-state index contributed by atoms with van der Waals surface area (Å²) in [5.41, 5.74) is 1.36. The van der Waals surface area contributed by atoms with Crippen LogP contribution < -0.4 is 0 Å². The number of ether oxygens (including phenoxy) is 1. The Morgan fingerprint density at radius 3 is 2.04 bits per heavy atom. The van der Waals surface area contributed by atoms with Gasteiger partial charge in [-0.15, -0.1) is 0 Å². The summed E-state index contributed by atoms with van der Waals surface area (Å²) in [4.78, 5) is 25.6. The number of esters is 1. The first kappa shape index (κ1) is 17.4. The molecule has 2 aromatic rings. The number of hydrogen-bond acceptors (Lipinski definition) is 3. The van der Waals surface area contributed by atoms with E-state index in [0.717, 1.165) is 5.56 Å². The van der Waals surface area contributed by atoms with Gasteiger partial charge < -0.3 is 4.74 Å². The van der Waals surface area contributed by atoms with Crippen LogP contribution in [0.15, 0.2) is 60.7 Å². The molecule has 0 aliphatic heterocycles. The zero-order valence-corrected chi connectivity index (χ0v) is 14.7. The summed E-state index contributed by atoms with van der Waals surface area (Å²) in [7, 11) is 0. The van der Waals surface area contributed by atoms with Gasteiger partial charge in [-0.3, -0.25) is 9.59 Å². The Kier molecular flexibility index (Phi) is 5.72. The molecule has 0 heterocycles. The van der Waals surface area contributed by atoms with E-state index in [1.165, 1.54) is 0 Å². The van der Waals surface area contributed by atoms with Crippen molar-refractivity contribution >= 4 is 27.7 Å². The second-order valence-corrected chi connectivity index (χ2v) is 6.97. The summed E-state index contributed by atoms with van der Waals surface area (Å²) < 4.78 is 3.89. The molecule has 0 spiro atoms. The maximum atomic E-state index is 12.9. The van der Waals surface area contributed by atoms with Gasteiger partial charge in [0, 0.05) is 12.0 Å². The number of alkyl halides is 1. The fraction of sp³-hybridized carbons (Fsp3) is 0.263. The van der Waals surface area contributed by atoms with Crippen molar-refractivity contribution in [2.24, 2.45) is 0 Å². The molecule has 0 aliphatic carbocycles. The number of hydrogen-bond donors (Lipinski definition) is 0. The zero-order valence-electron chi connectivity index (χ0n) is 13.2. The number of Topliss-reactive ketones (excluding diaryl/α,β-unsaturated/α-hetero) is 1. The van der Waals surface area contributed by atoms with Gasteiger partial charge in [-0.1, -0.05) is 76.6 Å². The van der Waals surface area contributed by atoms with Gasteiger partial charge in [0.05, 0.1) is 6.10 Å². The Morgan fingerprint density at radius 1 is 1.00 bits per heavy atom. The molecular weight excluding hydrogens is 356 g/mol. The largest absolute Gasteiger partial charge is 0.462 e. The minimum atomic E-state index is -1.43. The SMILES string of the molecule is CC(C)OC(=O)C(Br)(Cc1ccccc1)C(=O)c1ccccc1. The van der Waals surface area contributed by atoms with Gasteiger partial charge in [-0.25, -0.2) is 0 Å². The van der Waals surface area contributed by atoms with E-state index in [0.29, 0.717) is 5.56 Å². The molecule has 0 bridgehead atoms. The number of halogens is 1. The molecule has 0 radical (unpaired) electrons. The van der Waals surface area contributed by atoms with E-state index in [2.05, 4.69) is 15.9 Å². The molecule has 4 heteroatoms. The smallest absolute Gasteiger partial charge is 0.331 e. The molecule has 0 saturated carbocycles. The second kappa shape index (κ2) is 7.55. The summed E-state index contributed by atoms with van der Waals surface area (Å²) in [6.07, 6.45) is -0.0635. The number of benzene rings is 2. The van der Waals surface area contributed by atoms with Crippen molar-refractivity contribution in [3.8, 4) is 0 Å². The van der Waals surface area contributed by atoms with Gasteiger partial charge in [-0.2, -0.15) is 0 Å². The first-order valence-corrected chi connectivity index (χ1v) is 8.26. The highest BCUT2D eigenvalue weighted by atomic mass is 79.9. The van der Waals surface area contributed by atoms with Crippen LogP contribution in [0.2, 0.25) is 0 Å². The molecule has 1 atom stereocenters. The molecule has 2 rings (SSSR count). The molecular formula is C19H19BrO3. The molecule has 1 unspecified atom stereocenters. The number of carbonyl (C=O) groups excluding carboxylic acids is 2. The lowest BCUT2D eigenvalue weighted by atomic mass is 9.91. The molecule has 0 fully saturated rings. The van der Waals surface area contributed by atoms with Crippen LogP contribution in [0.25, 0.3) is 0 Å². The fourth-order valence-electron chi connectivity index (χ4n) is 2.25. The molecule has 3 nitrogen and oxygen atoms in total. The van der Waals surface area contributed by atoms with Gasteiger partial charge >= 0.3 is 5.97 Å². The van der Waals surface area contributed by atoms with E-state index in [-0.39, 0.29) is 18.3 Å².